The first-order valence-corrected chi connectivity index (χ1v) is 13.1. The highest BCUT2D eigenvalue weighted by molar-refractivity contribution is 6.32. The average molecular weight is 521 g/mol. The van der Waals surface area contributed by atoms with Gasteiger partial charge in [0.1, 0.15) is 6.61 Å². The number of benzene rings is 4. The highest BCUT2D eigenvalue weighted by Gasteiger charge is 2.29. The zero-order valence-corrected chi connectivity index (χ0v) is 22.4. The third-order valence-electron chi connectivity index (χ3n) is 7.28. The Morgan fingerprint density at radius 3 is 1.87 bits per heavy atom. The molecule has 5 heteroatoms. The van der Waals surface area contributed by atoms with Gasteiger partial charge >= 0.3 is 0 Å². The number of fused-ring (bicyclic) bond motifs is 2. The van der Waals surface area contributed by atoms with Crippen molar-refractivity contribution in [3.8, 4) is 11.5 Å². The van der Waals surface area contributed by atoms with Crippen molar-refractivity contribution in [3.63, 3.8) is 0 Å². The summed E-state index contributed by atoms with van der Waals surface area (Å²) in [6.45, 7) is 4.69. The van der Waals surface area contributed by atoms with Crippen molar-refractivity contribution < 1.29 is 9.47 Å². The van der Waals surface area contributed by atoms with E-state index in [4.69, 9.17) is 21.1 Å². The van der Waals surface area contributed by atoms with Crippen LogP contribution in [0.15, 0.2) is 91.0 Å². The van der Waals surface area contributed by atoms with Crippen molar-refractivity contribution in [1.82, 2.24) is 9.97 Å². The van der Waals surface area contributed by atoms with E-state index in [0.717, 1.165) is 33.5 Å². The Balaban J connectivity index is 1.55. The van der Waals surface area contributed by atoms with E-state index in [2.05, 4.69) is 78.4 Å². The summed E-state index contributed by atoms with van der Waals surface area (Å²) in [6.07, 6.45) is 0. The van der Waals surface area contributed by atoms with Crippen LogP contribution in [-0.2, 0) is 6.61 Å². The molecule has 0 bridgehead atoms. The molecule has 0 atom stereocenters. The van der Waals surface area contributed by atoms with Gasteiger partial charge in [-0.3, -0.25) is 0 Å². The summed E-state index contributed by atoms with van der Waals surface area (Å²) in [5, 5.41) is 2.91. The number of aromatic amines is 2. The number of methoxy groups -OCH3 is 1. The Kier molecular flexibility index (Phi) is 6.34. The monoisotopic (exact) mass is 520 g/mol. The fourth-order valence-electron chi connectivity index (χ4n) is 5.59. The summed E-state index contributed by atoms with van der Waals surface area (Å²) in [6, 6.07) is 31.1. The zero-order valence-electron chi connectivity index (χ0n) is 21.6. The lowest BCUT2D eigenvalue weighted by Gasteiger charge is -2.22. The summed E-state index contributed by atoms with van der Waals surface area (Å²) in [5.74, 6) is 1.08. The van der Waals surface area contributed by atoms with Crippen LogP contribution in [0.2, 0.25) is 5.02 Å². The molecule has 0 spiro atoms. The smallest absolute Gasteiger partial charge is 0.180 e. The summed E-state index contributed by atoms with van der Waals surface area (Å²) in [7, 11) is 1.66. The van der Waals surface area contributed by atoms with Gasteiger partial charge in [-0.1, -0.05) is 78.3 Å². The van der Waals surface area contributed by atoms with E-state index in [-0.39, 0.29) is 5.92 Å². The molecule has 6 rings (SSSR count). The number of aromatic nitrogens is 2. The summed E-state index contributed by atoms with van der Waals surface area (Å²) in [5.41, 5.74) is 9.04. The summed E-state index contributed by atoms with van der Waals surface area (Å²) < 4.78 is 12.0. The first-order valence-electron chi connectivity index (χ1n) is 12.7. The molecule has 2 aromatic heterocycles. The molecule has 0 aliphatic rings. The molecule has 0 radical (unpaired) electrons. The molecule has 2 N–H and O–H groups in total. The Labute approximate surface area is 227 Å². The minimum absolute atomic E-state index is 0.0862. The van der Waals surface area contributed by atoms with E-state index < -0.39 is 0 Å². The topological polar surface area (TPSA) is 50.0 Å². The van der Waals surface area contributed by atoms with Crippen molar-refractivity contribution in [2.75, 3.05) is 7.11 Å². The SMILES string of the molecule is COc1cc(C(c2c(C)[nH]c3ccccc23)c2c(C)[nH]c3ccccc23)cc(Cl)c1OCc1ccccc1. The summed E-state index contributed by atoms with van der Waals surface area (Å²) >= 11 is 6.94. The second-order valence-corrected chi connectivity index (χ2v) is 10.1. The van der Waals surface area contributed by atoms with E-state index in [9.17, 15) is 0 Å². The van der Waals surface area contributed by atoms with E-state index in [1.807, 2.05) is 36.4 Å². The number of nitrogens with one attached hydrogen (secondary N) is 2. The Hall–Kier alpha value is -4.15. The number of aryl methyl sites for hydroxylation is 2. The minimum Gasteiger partial charge on any atom is -0.493 e. The van der Waals surface area contributed by atoms with Crippen LogP contribution in [0.25, 0.3) is 21.8 Å². The number of hydrogen-bond acceptors (Lipinski definition) is 2. The molecule has 0 saturated heterocycles. The molecule has 4 aromatic carbocycles. The molecule has 4 nitrogen and oxygen atoms in total. The number of rotatable bonds is 7. The molecule has 0 aliphatic carbocycles. The highest BCUT2D eigenvalue weighted by atomic mass is 35.5. The van der Waals surface area contributed by atoms with Gasteiger partial charge in [-0.15, -0.1) is 0 Å². The molecule has 38 heavy (non-hydrogen) atoms. The number of hydrogen-bond donors (Lipinski definition) is 2. The molecular weight excluding hydrogens is 492 g/mol. The Bertz CT molecular complexity index is 1670. The third kappa shape index (κ3) is 4.21. The standard InChI is InChI=1S/C33H29ClN2O2/c1-20-30(24-13-7-9-15-27(24)35-20)32(31-21(2)36-28-16-10-8-14-25(28)31)23-17-26(34)33(29(18-23)37-3)38-19-22-11-5-4-6-12-22/h4-18,32,35-36H,19H2,1-3H3. The lowest BCUT2D eigenvalue weighted by atomic mass is 9.82. The maximum absolute atomic E-state index is 6.94. The van der Waals surface area contributed by atoms with Gasteiger partial charge in [-0.05, 0) is 60.4 Å². The van der Waals surface area contributed by atoms with Gasteiger partial charge in [0.2, 0.25) is 0 Å². The summed E-state index contributed by atoms with van der Waals surface area (Å²) in [4.78, 5) is 7.20. The molecule has 6 aromatic rings. The van der Waals surface area contributed by atoms with Crippen molar-refractivity contribution in [2.24, 2.45) is 0 Å². The first kappa shape index (κ1) is 24.2. The van der Waals surface area contributed by atoms with Crippen LogP contribution in [0.3, 0.4) is 0 Å². The van der Waals surface area contributed by atoms with Gasteiger partial charge < -0.3 is 19.4 Å². The normalized spacial score (nSPS) is 11.5. The minimum atomic E-state index is -0.0862. The molecule has 190 valence electrons. The van der Waals surface area contributed by atoms with Gasteiger partial charge in [-0.2, -0.15) is 0 Å². The van der Waals surface area contributed by atoms with Crippen LogP contribution in [0.1, 0.15) is 39.6 Å². The number of ether oxygens (including phenoxy) is 2. The zero-order chi connectivity index (χ0) is 26.2. The third-order valence-corrected chi connectivity index (χ3v) is 7.56. The lowest BCUT2D eigenvalue weighted by Crippen LogP contribution is -2.07. The van der Waals surface area contributed by atoms with Gasteiger partial charge in [0.05, 0.1) is 12.1 Å². The Morgan fingerprint density at radius 2 is 1.29 bits per heavy atom. The van der Waals surface area contributed by atoms with Gasteiger partial charge in [0.15, 0.2) is 11.5 Å². The number of para-hydroxylation sites is 2. The molecule has 0 unspecified atom stereocenters. The number of halogens is 1. The quantitative estimate of drug-likeness (QED) is 0.221. The second-order valence-electron chi connectivity index (χ2n) is 9.66. The maximum atomic E-state index is 6.94. The van der Waals surface area contributed by atoms with Crippen LogP contribution in [0.5, 0.6) is 11.5 Å². The van der Waals surface area contributed by atoms with E-state index in [0.29, 0.717) is 23.1 Å². The second kappa shape index (κ2) is 9.96. The molecule has 0 fully saturated rings. The van der Waals surface area contributed by atoms with Gasteiger partial charge in [0.25, 0.3) is 0 Å². The average Bonchev–Trinajstić information content (AvgIpc) is 3.44. The maximum Gasteiger partial charge on any atom is 0.180 e. The predicted octanol–water partition coefficient (Wildman–Crippen LogP) is 8.69. The van der Waals surface area contributed by atoms with Crippen LogP contribution < -0.4 is 9.47 Å². The van der Waals surface area contributed by atoms with Gasteiger partial charge in [0, 0.05) is 39.1 Å². The highest BCUT2D eigenvalue weighted by Crippen LogP contribution is 2.46. The number of H-pyrrole nitrogens is 2. The van der Waals surface area contributed by atoms with Crippen LogP contribution in [0, 0.1) is 13.8 Å². The van der Waals surface area contributed by atoms with Crippen molar-refractivity contribution in [3.05, 3.63) is 130 Å². The van der Waals surface area contributed by atoms with E-state index in [1.165, 1.54) is 21.9 Å². The molecule has 2 heterocycles. The fourth-order valence-corrected chi connectivity index (χ4v) is 5.87. The fraction of sp³-hybridized carbons (Fsp3) is 0.152. The van der Waals surface area contributed by atoms with Crippen LogP contribution in [-0.4, -0.2) is 17.1 Å². The van der Waals surface area contributed by atoms with Gasteiger partial charge in [-0.25, -0.2) is 0 Å². The first-order chi connectivity index (χ1) is 18.5. The molecule has 0 amide bonds. The predicted molar refractivity (Wildman–Crippen MR) is 156 cm³/mol. The molecule has 0 aliphatic heterocycles. The van der Waals surface area contributed by atoms with E-state index >= 15 is 0 Å². The molecular formula is C33H29ClN2O2. The van der Waals surface area contributed by atoms with E-state index in [1.54, 1.807) is 7.11 Å². The van der Waals surface area contributed by atoms with Crippen LogP contribution >= 0.6 is 11.6 Å². The van der Waals surface area contributed by atoms with Crippen molar-refractivity contribution >= 4 is 33.4 Å². The van der Waals surface area contributed by atoms with Crippen molar-refractivity contribution in [1.29, 1.82) is 0 Å². The lowest BCUT2D eigenvalue weighted by molar-refractivity contribution is 0.284. The molecule has 0 saturated carbocycles. The van der Waals surface area contributed by atoms with Crippen LogP contribution in [0.4, 0.5) is 0 Å². The Morgan fingerprint density at radius 1 is 0.737 bits per heavy atom. The largest absolute Gasteiger partial charge is 0.493 e. The van der Waals surface area contributed by atoms with Crippen molar-refractivity contribution in [2.45, 2.75) is 26.4 Å².